The fraction of sp³-hybridized carbons (Fsp3) is 0.235. The van der Waals surface area contributed by atoms with E-state index in [-0.39, 0.29) is 11.3 Å². The molecule has 0 amide bonds. The van der Waals surface area contributed by atoms with Crippen LogP contribution in [0.4, 0.5) is 4.39 Å². The summed E-state index contributed by atoms with van der Waals surface area (Å²) in [6.45, 7) is 0.575. The van der Waals surface area contributed by atoms with Crippen molar-refractivity contribution in [3.05, 3.63) is 58.9 Å². The molecule has 0 unspecified atom stereocenters. The Labute approximate surface area is 122 Å². The van der Waals surface area contributed by atoms with E-state index >= 15 is 0 Å². The number of carbonyl (C=O) groups is 1. The first kappa shape index (κ1) is 13.6. The van der Waals surface area contributed by atoms with Gasteiger partial charge in [-0.05, 0) is 36.6 Å². The number of halogens is 1. The van der Waals surface area contributed by atoms with E-state index in [0.29, 0.717) is 17.9 Å². The van der Waals surface area contributed by atoms with Gasteiger partial charge >= 0.3 is 0 Å². The molecule has 0 N–H and O–H groups in total. The average molecular weight is 286 g/mol. The van der Waals surface area contributed by atoms with Gasteiger partial charge in [0, 0.05) is 0 Å². The Hall–Kier alpha value is -2.36. The molecule has 1 aliphatic heterocycles. The number of benzene rings is 2. The fourth-order valence-corrected chi connectivity index (χ4v) is 2.60. The van der Waals surface area contributed by atoms with Crippen LogP contribution in [-0.2, 0) is 6.42 Å². The molecule has 1 aliphatic rings. The molecule has 0 fully saturated rings. The van der Waals surface area contributed by atoms with E-state index < -0.39 is 11.6 Å². The minimum atomic E-state index is -0.590. The van der Waals surface area contributed by atoms with Crippen molar-refractivity contribution in [3.8, 4) is 11.5 Å². The van der Waals surface area contributed by atoms with Crippen molar-refractivity contribution in [2.24, 2.45) is 0 Å². The molecule has 0 saturated heterocycles. The lowest BCUT2D eigenvalue weighted by atomic mass is 9.96. The molecule has 0 bridgehead atoms. The van der Waals surface area contributed by atoms with Crippen LogP contribution in [-0.4, -0.2) is 19.5 Å². The second-order valence-electron chi connectivity index (χ2n) is 4.89. The molecule has 3 rings (SSSR count). The zero-order valence-electron chi connectivity index (χ0n) is 11.7. The standard InChI is InChI=1S/C17H15FO3/c1-20-14-9-3-8-13(18)15(14)16(19)12-7-2-5-11-6-4-10-21-17(11)12/h2-3,5,7-9H,4,6,10H2,1H3. The molecule has 0 spiro atoms. The van der Waals surface area contributed by atoms with Crippen molar-refractivity contribution in [2.45, 2.75) is 12.8 Å². The minimum Gasteiger partial charge on any atom is -0.496 e. The number of hydrogen-bond donors (Lipinski definition) is 0. The monoisotopic (exact) mass is 286 g/mol. The number of ether oxygens (including phenoxy) is 2. The van der Waals surface area contributed by atoms with Crippen molar-refractivity contribution in [3.63, 3.8) is 0 Å². The number of ketones is 1. The second kappa shape index (κ2) is 5.56. The maximum Gasteiger partial charge on any atom is 0.203 e. The molecule has 2 aromatic carbocycles. The van der Waals surface area contributed by atoms with Gasteiger partial charge in [0.15, 0.2) is 0 Å². The van der Waals surface area contributed by atoms with Crippen molar-refractivity contribution in [2.75, 3.05) is 13.7 Å². The van der Waals surface area contributed by atoms with Gasteiger partial charge in [-0.3, -0.25) is 4.79 Å². The molecule has 21 heavy (non-hydrogen) atoms. The van der Waals surface area contributed by atoms with Gasteiger partial charge in [0.2, 0.25) is 5.78 Å². The van der Waals surface area contributed by atoms with E-state index in [0.717, 1.165) is 18.4 Å². The van der Waals surface area contributed by atoms with Gasteiger partial charge in [-0.15, -0.1) is 0 Å². The van der Waals surface area contributed by atoms with Crippen LogP contribution in [0.1, 0.15) is 27.9 Å². The highest BCUT2D eigenvalue weighted by molar-refractivity contribution is 6.12. The Balaban J connectivity index is 2.12. The zero-order chi connectivity index (χ0) is 14.8. The Morgan fingerprint density at radius 1 is 1.24 bits per heavy atom. The minimum absolute atomic E-state index is 0.0532. The van der Waals surface area contributed by atoms with Crippen LogP contribution in [0.2, 0.25) is 0 Å². The summed E-state index contributed by atoms with van der Waals surface area (Å²) in [5, 5.41) is 0. The Kier molecular flexibility index (Phi) is 3.60. The maximum absolute atomic E-state index is 14.1. The Morgan fingerprint density at radius 2 is 2.05 bits per heavy atom. The predicted octanol–water partition coefficient (Wildman–Crippen LogP) is 3.39. The van der Waals surface area contributed by atoms with Gasteiger partial charge < -0.3 is 9.47 Å². The lowest BCUT2D eigenvalue weighted by Crippen LogP contribution is -2.14. The number of aryl methyl sites for hydroxylation is 1. The van der Waals surface area contributed by atoms with E-state index in [1.807, 2.05) is 6.07 Å². The van der Waals surface area contributed by atoms with Crippen LogP contribution in [0, 0.1) is 5.82 Å². The number of carbonyl (C=O) groups excluding carboxylic acids is 1. The predicted molar refractivity (Wildman–Crippen MR) is 76.6 cm³/mol. The molecule has 108 valence electrons. The maximum atomic E-state index is 14.1. The van der Waals surface area contributed by atoms with Gasteiger partial charge in [0.1, 0.15) is 22.9 Å². The summed E-state index contributed by atoms with van der Waals surface area (Å²) in [5.41, 5.74) is 1.32. The van der Waals surface area contributed by atoms with E-state index in [4.69, 9.17) is 9.47 Å². The van der Waals surface area contributed by atoms with Crippen molar-refractivity contribution in [1.82, 2.24) is 0 Å². The largest absolute Gasteiger partial charge is 0.496 e. The van der Waals surface area contributed by atoms with Gasteiger partial charge in [-0.2, -0.15) is 0 Å². The molecular formula is C17H15FO3. The molecule has 0 radical (unpaired) electrons. The van der Waals surface area contributed by atoms with Gasteiger partial charge in [-0.25, -0.2) is 4.39 Å². The first-order valence-electron chi connectivity index (χ1n) is 6.84. The molecule has 0 atom stereocenters. The number of fused-ring (bicyclic) bond motifs is 1. The van der Waals surface area contributed by atoms with Crippen LogP contribution in [0.5, 0.6) is 11.5 Å². The second-order valence-corrected chi connectivity index (χ2v) is 4.89. The number of rotatable bonds is 3. The van der Waals surface area contributed by atoms with Crippen molar-refractivity contribution >= 4 is 5.78 Å². The highest BCUT2D eigenvalue weighted by Crippen LogP contribution is 2.33. The normalized spacial score (nSPS) is 13.2. The summed E-state index contributed by atoms with van der Waals surface area (Å²) in [6, 6.07) is 9.75. The molecule has 3 nitrogen and oxygen atoms in total. The first-order chi connectivity index (χ1) is 10.2. The van der Waals surface area contributed by atoms with Gasteiger partial charge in [0.25, 0.3) is 0 Å². The third kappa shape index (κ3) is 2.37. The summed E-state index contributed by atoms with van der Waals surface area (Å²) in [6.07, 6.45) is 1.79. The lowest BCUT2D eigenvalue weighted by molar-refractivity contribution is 0.102. The van der Waals surface area contributed by atoms with Crippen LogP contribution in [0.25, 0.3) is 0 Å². The van der Waals surface area contributed by atoms with Crippen molar-refractivity contribution in [1.29, 1.82) is 0 Å². The van der Waals surface area contributed by atoms with Crippen LogP contribution in [0.15, 0.2) is 36.4 Å². The Morgan fingerprint density at radius 3 is 2.86 bits per heavy atom. The van der Waals surface area contributed by atoms with Crippen LogP contribution < -0.4 is 9.47 Å². The molecule has 0 aliphatic carbocycles. The van der Waals surface area contributed by atoms with Crippen LogP contribution in [0.3, 0.4) is 0 Å². The number of hydrogen-bond acceptors (Lipinski definition) is 3. The van der Waals surface area contributed by atoms with Gasteiger partial charge in [0.05, 0.1) is 19.3 Å². The third-order valence-corrected chi connectivity index (χ3v) is 3.60. The highest BCUT2D eigenvalue weighted by Gasteiger charge is 2.24. The van der Waals surface area contributed by atoms with E-state index in [1.165, 1.54) is 19.2 Å². The topological polar surface area (TPSA) is 35.5 Å². The average Bonchev–Trinajstić information content (AvgIpc) is 2.53. The molecule has 0 saturated carbocycles. The SMILES string of the molecule is COc1cccc(F)c1C(=O)c1cccc2c1OCCC2. The number of methoxy groups -OCH3 is 1. The van der Waals surface area contributed by atoms with Crippen molar-refractivity contribution < 1.29 is 18.7 Å². The molecule has 1 heterocycles. The summed E-state index contributed by atoms with van der Waals surface area (Å²) < 4.78 is 24.8. The van der Waals surface area contributed by atoms with Crippen LogP contribution >= 0.6 is 0 Å². The number of para-hydroxylation sites is 1. The molecule has 2 aromatic rings. The van der Waals surface area contributed by atoms with E-state index in [2.05, 4.69) is 0 Å². The van der Waals surface area contributed by atoms with E-state index in [1.54, 1.807) is 18.2 Å². The molecule has 0 aromatic heterocycles. The quantitative estimate of drug-likeness (QED) is 0.811. The molecule has 4 heteroatoms. The summed E-state index contributed by atoms with van der Waals surface area (Å²) in [5.74, 6) is -0.205. The molecular weight excluding hydrogens is 271 g/mol. The van der Waals surface area contributed by atoms with Gasteiger partial charge in [-0.1, -0.05) is 18.2 Å². The fourth-order valence-electron chi connectivity index (χ4n) is 2.60. The third-order valence-electron chi connectivity index (χ3n) is 3.60. The lowest BCUT2D eigenvalue weighted by Gasteiger charge is -2.20. The van der Waals surface area contributed by atoms with E-state index in [9.17, 15) is 9.18 Å². The Bertz CT molecular complexity index is 694. The first-order valence-corrected chi connectivity index (χ1v) is 6.84. The summed E-state index contributed by atoms with van der Waals surface area (Å²) in [4.78, 5) is 12.7. The summed E-state index contributed by atoms with van der Waals surface area (Å²) >= 11 is 0. The zero-order valence-corrected chi connectivity index (χ0v) is 11.7. The highest BCUT2D eigenvalue weighted by atomic mass is 19.1. The smallest absolute Gasteiger partial charge is 0.203 e. The summed E-state index contributed by atoms with van der Waals surface area (Å²) in [7, 11) is 1.42.